The Morgan fingerprint density at radius 3 is 2.35 bits per heavy atom. The van der Waals surface area contributed by atoms with Gasteiger partial charge in [-0.1, -0.05) is 41.4 Å². The summed E-state index contributed by atoms with van der Waals surface area (Å²) in [5.41, 5.74) is 3.37. The third kappa shape index (κ3) is 5.75. The molecule has 0 radical (unpaired) electrons. The maximum atomic E-state index is 12.1. The SMILES string of the molecule is Cc1ccc(CC(=O)NCCN(c2ccc(Cl)cc2C)S(C)(=O)=O)cc1. The summed E-state index contributed by atoms with van der Waals surface area (Å²) >= 11 is 5.94. The molecule has 0 saturated heterocycles. The molecule has 0 aliphatic heterocycles. The van der Waals surface area contributed by atoms with Crippen LogP contribution in [0.15, 0.2) is 42.5 Å². The summed E-state index contributed by atoms with van der Waals surface area (Å²) in [6.07, 6.45) is 1.41. The quantitative estimate of drug-likeness (QED) is 0.784. The smallest absolute Gasteiger partial charge is 0.232 e. The standard InChI is InChI=1S/C19H23ClN2O3S/c1-14-4-6-16(7-5-14)13-19(23)21-10-11-22(26(3,24)25)18-9-8-17(20)12-15(18)2/h4-9,12H,10-11,13H2,1-3H3,(H,21,23). The molecule has 0 bridgehead atoms. The van der Waals surface area contributed by atoms with Crippen LogP contribution in [-0.4, -0.2) is 33.7 Å². The Morgan fingerprint density at radius 2 is 1.77 bits per heavy atom. The van der Waals surface area contributed by atoms with Crippen molar-refractivity contribution in [3.05, 3.63) is 64.2 Å². The topological polar surface area (TPSA) is 66.5 Å². The van der Waals surface area contributed by atoms with Crippen molar-refractivity contribution in [3.63, 3.8) is 0 Å². The van der Waals surface area contributed by atoms with Gasteiger partial charge in [-0.3, -0.25) is 9.10 Å². The number of amides is 1. The van der Waals surface area contributed by atoms with Crippen LogP contribution < -0.4 is 9.62 Å². The lowest BCUT2D eigenvalue weighted by atomic mass is 10.1. The number of carbonyl (C=O) groups excluding carboxylic acids is 1. The molecular weight excluding hydrogens is 372 g/mol. The summed E-state index contributed by atoms with van der Waals surface area (Å²) in [6.45, 7) is 4.17. The number of aryl methyl sites for hydroxylation is 2. The van der Waals surface area contributed by atoms with Crippen molar-refractivity contribution in [2.75, 3.05) is 23.7 Å². The van der Waals surface area contributed by atoms with Crippen molar-refractivity contribution in [1.29, 1.82) is 0 Å². The molecule has 0 aliphatic rings. The van der Waals surface area contributed by atoms with Gasteiger partial charge in [0.15, 0.2) is 0 Å². The van der Waals surface area contributed by atoms with Crippen LogP contribution in [0.2, 0.25) is 5.02 Å². The first-order valence-electron chi connectivity index (χ1n) is 8.23. The fourth-order valence-electron chi connectivity index (χ4n) is 2.61. The molecule has 5 nitrogen and oxygen atoms in total. The molecule has 1 N–H and O–H groups in total. The molecular formula is C19H23ClN2O3S. The number of halogens is 1. The first-order chi connectivity index (χ1) is 12.2. The van der Waals surface area contributed by atoms with Gasteiger partial charge in [-0.2, -0.15) is 0 Å². The van der Waals surface area contributed by atoms with Gasteiger partial charge in [0, 0.05) is 11.6 Å². The van der Waals surface area contributed by atoms with Gasteiger partial charge < -0.3 is 5.32 Å². The molecule has 2 rings (SSSR count). The Balaban J connectivity index is 1.99. The van der Waals surface area contributed by atoms with Crippen LogP contribution in [0.25, 0.3) is 0 Å². The van der Waals surface area contributed by atoms with Crippen molar-refractivity contribution < 1.29 is 13.2 Å². The van der Waals surface area contributed by atoms with Crippen molar-refractivity contribution in [3.8, 4) is 0 Å². The molecule has 0 aliphatic carbocycles. The molecule has 1 amide bonds. The summed E-state index contributed by atoms with van der Waals surface area (Å²) in [5, 5.41) is 3.33. The highest BCUT2D eigenvalue weighted by Gasteiger charge is 2.19. The minimum atomic E-state index is -3.48. The highest BCUT2D eigenvalue weighted by Crippen LogP contribution is 2.25. The highest BCUT2D eigenvalue weighted by molar-refractivity contribution is 7.92. The van der Waals surface area contributed by atoms with Crippen LogP contribution in [0.5, 0.6) is 0 Å². The van der Waals surface area contributed by atoms with Gasteiger partial charge >= 0.3 is 0 Å². The number of carbonyl (C=O) groups is 1. The number of hydrogen-bond donors (Lipinski definition) is 1. The van der Waals surface area contributed by atoms with Crippen LogP contribution in [0.3, 0.4) is 0 Å². The van der Waals surface area contributed by atoms with E-state index in [1.165, 1.54) is 4.31 Å². The van der Waals surface area contributed by atoms with Crippen molar-refractivity contribution in [2.45, 2.75) is 20.3 Å². The number of hydrogen-bond acceptors (Lipinski definition) is 3. The lowest BCUT2D eigenvalue weighted by Gasteiger charge is -2.24. The Kier molecular flexibility index (Phi) is 6.67. The van der Waals surface area contributed by atoms with Crippen LogP contribution in [-0.2, 0) is 21.2 Å². The average Bonchev–Trinajstić information content (AvgIpc) is 2.54. The van der Waals surface area contributed by atoms with E-state index >= 15 is 0 Å². The van der Waals surface area contributed by atoms with Crippen molar-refractivity contribution in [1.82, 2.24) is 5.32 Å². The van der Waals surface area contributed by atoms with E-state index in [0.717, 1.165) is 22.9 Å². The molecule has 7 heteroatoms. The predicted molar refractivity (Wildman–Crippen MR) is 106 cm³/mol. The highest BCUT2D eigenvalue weighted by atomic mass is 35.5. The molecule has 0 unspecified atom stereocenters. The van der Waals surface area contributed by atoms with Gasteiger partial charge in [-0.05, 0) is 43.2 Å². The normalized spacial score (nSPS) is 11.2. The maximum Gasteiger partial charge on any atom is 0.232 e. The zero-order chi connectivity index (χ0) is 19.3. The van der Waals surface area contributed by atoms with Crippen LogP contribution in [0.1, 0.15) is 16.7 Å². The first kappa shape index (κ1) is 20.3. The number of anilines is 1. The zero-order valence-corrected chi connectivity index (χ0v) is 16.7. The van der Waals surface area contributed by atoms with Gasteiger partial charge in [0.25, 0.3) is 0 Å². The van der Waals surface area contributed by atoms with Gasteiger partial charge in [0.05, 0.1) is 24.9 Å². The molecule has 2 aromatic carbocycles. The van der Waals surface area contributed by atoms with E-state index in [1.807, 2.05) is 31.2 Å². The number of nitrogens with zero attached hydrogens (tertiary/aromatic N) is 1. The second-order valence-corrected chi connectivity index (χ2v) is 8.62. The summed E-state index contributed by atoms with van der Waals surface area (Å²) in [4.78, 5) is 12.1. The minimum Gasteiger partial charge on any atom is -0.354 e. The molecule has 0 atom stereocenters. The minimum absolute atomic E-state index is 0.143. The third-order valence-corrected chi connectivity index (χ3v) is 5.37. The zero-order valence-electron chi connectivity index (χ0n) is 15.1. The number of nitrogens with one attached hydrogen (secondary N) is 1. The third-order valence-electron chi connectivity index (χ3n) is 3.95. The molecule has 0 aromatic heterocycles. The molecule has 0 saturated carbocycles. The van der Waals surface area contributed by atoms with Gasteiger partial charge in [-0.15, -0.1) is 0 Å². The number of rotatable bonds is 7. The lowest BCUT2D eigenvalue weighted by molar-refractivity contribution is -0.120. The lowest BCUT2D eigenvalue weighted by Crippen LogP contribution is -2.38. The molecule has 0 fully saturated rings. The van der Waals surface area contributed by atoms with E-state index < -0.39 is 10.0 Å². The summed E-state index contributed by atoms with van der Waals surface area (Å²) in [7, 11) is -3.48. The number of sulfonamides is 1. The summed E-state index contributed by atoms with van der Waals surface area (Å²) < 4.78 is 25.6. The molecule has 2 aromatic rings. The van der Waals surface area contributed by atoms with Crippen LogP contribution in [0.4, 0.5) is 5.69 Å². The van der Waals surface area contributed by atoms with E-state index in [4.69, 9.17) is 11.6 Å². The van der Waals surface area contributed by atoms with E-state index in [0.29, 0.717) is 10.7 Å². The Labute approximate surface area is 160 Å². The molecule has 0 spiro atoms. The van der Waals surface area contributed by atoms with Crippen LogP contribution in [0, 0.1) is 13.8 Å². The first-order valence-corrected chi connectivity index (χ1v) is 10.5. The Bertz CT molecular complexity index is 880. The van der Waals surface area contributed by atoms with Gasteiger partial charge in [0.1, 0.15) is 0 Å². The van der Waals surface area contributed by atoms with E-state index in [-0.39, 0.29) is 25.4 Å². The monoisotopic (exact) mass is 394 g/mol. The van der Waals surface area contributed by atoms with Gasteiger partial charge in [-0.25, -0.2) is 8.42 Å². The van der Waals surface area contributed by atoms with Crippen LogP contribution >= 0.6 is 11.6 Å². The maximum absolute atomic E-state index is 12.1. The molecule has 0 heterocycles. The van der Waals surface area contributed by atoms with Crippen molar-refractivity contribution >= 4 is 33.2 Å². The van der Waals surface area contributed by atoms with Crippen molar-refractivity contribution in [2.24, 2.45) is 0 Å². The van der Waals surface area contributed by atoms with E-state index in [9.17, 15) is 13.2 Å². The van der Waals surface area contributed by atoms with Gasteiger partial charge in [0.2, 0.25) is 15.9 Å². The Hall–Kier alpha value is -2.05. The van der Waals surface area contributed by atoms with E-state index in [2.05, 4.69) is 5.32 Å². The predicted octanol–water partition coefficient (Wildman–Crippen LogP) is 3.08. The summed E-state index contributed by atoms with van der Waals surface area (Å²) in [6, 6.07) is 12.8. The second-order valence-electron chi connectivity index (χ2n) is 6.28. The number of benzene rings is 2. The van der Waals surface area contributed by atoms with E-state index in [1.54, 1.807) is 25.1 Å². The molecule has 26 heavy (non-hydrogen) atoms. The fourth-order valence-corrected chi connectivity index (χ4v) is 3.83. The largest absolute Gasteiger partial charge is 0.354 e. The fraction of sp³-hybridized carbons (Fsp3) is 0.316. The molecule has 140 valence electrons. The Morgan fingerprint density at radius 1 is 1.12 bits per heavy atom. The second kappa shape index (κ2) is 8.56. The average molecular weight is 395 g/mol. The summed E-state index contributed by atoms with van der Waals surface area (Å²) in [5.74, 6) is -0.143.